The zero-order chi connectivity index (χ0) is 97.6. The highest BCUT2D eigenvalue weighted by Gasteiger charge is 2.46. The molecule has 7 saturated heterocycles. The number of anilines is 10. The normalized spacial score (nSPS) is 19.1. The first kappa shape index (κ1) is 97.6. The minimum Gasteiger partial charge on any atom is -0.507 e. The van der Waals surface area contributed by atoms with Gasteiger partial charge < -0.3 is 104 Å². The van der Waals surface area contributed by atoms with E-state index in [0.29, 0.717) is 176 Å². The molecule has 6 aromatic heterocycles. The lowest BCUT2D eigenvalue weighted by Gasteiger charge is -2.42. The number of ether oxygens (including phenoxy) is 1. The van der Waals surface area contributed by atoms with Crippen LogP contribution in [0.15, 0.2) is 206 Å². The third-order valence-corrected chi connectivity index (χ3v) is 27.6. The first-order valence-electron chi connectivity index (χ1n) is 46.5. The molecule has 0 spiro atoms. The predicted octanol–water partition coefficient (Wildman–Crippen LogP) is 10.1. The van der Waals surface area contributed by atoms with Crippen LogP contribution in [-0.4, -0.2) is 267 Å². The number of phenolic OH excluding ortho intramolecular Hbond substituents is 5. The number of carbonyl (C=O) groups is 3. The van der Waals surface area contributed by atoms with Gasteiger partial charge in [0.2, 0.25) is 21.8 Å². The van der Waals surface area contributed by atoms with Crippen molar-refractivity contribution in [3.8, 4) is 85.0 Å². The lowest BCUT2D eigenvalue weighted by molar-refractivity contribution is -0.143. The van der Waals surface area contributed by atoms with Gasteiger partial charge in [0.1, 0.15) is 34.9 Å². The fourth-order valence-electron chi connectivity index (χ4n) is 18.9. The van der Waals surface area contributed by atoms with Gasteiger partial charge in [0.15, 0.2) is 29.1 Å². The van der Waals surface area contributed by atoms with E-state index in [1.165, 1.54) is 11.8 Å². The molecule has 7 fully saturated rings. The smallest absolute Gasteiger partial charge is 0.252 e. The Morgan fingerprint density at radius 3 is 1.09 bits per heavy atom. The van der Waals surface area contributed by atoms with Crippen molar-refractivity contribution in [3.63, 3.8) is 0 Å². The zero-order valence-corrected chi connectivity index (χ0v) is 79.0. The van der Waals surface area contributed by atoms with Crippen LogP contribution >= 0.6 is 0 Å². The van der Waals surface area contributed by atoms with Crippen molar-refractivity contribution in [2.75, 3.05) is 151 Å². The molecular formula is C100H120N26O11S. The van der Waals surface area contributed by atoms with E-state index in [0.717, 1.165) is 85.7 Å². The van der Waals surface area contributed by atoms with Crippen LogP contribution in [0.25, 0.3) is 56.3 Å². The van der Waals surface area contributed by atoms with Gasteiger partial charge in [-0.25, -0.2) is 8.42 Å². The van der Waals surface area contributed by atoms with Crippen LogP contribution in [0.5, 0.6) is 28.7 Å². The zero-order valence-electron chi connectivity index (χ0n) is 78.2. The Balaban J connectivity index is 0.000000131. The maximum atomic E-state index is 12.8. The Kier molecular flexibility index (Phi) is 31.0. The number of aromatic hydroxyl groups is 5. The number of nitrogens with two attached hydrogens (primary N) is 6. The number of sulfonamides is 1. The molecular weight excluding hydrogens is 1770 g/mol. The average Bonchev–Trinajstić information content (AvgIpc) is 1.60. The molecule has 0 aliphatic carbocycles. The Bertz CT molecular complexity index is 6230. The van der Waals surface area contributed by atoms with E-state index < -0.39 is 16.1 Å². The summed E-state index contributed by atoms with van der Waals surface area (Å²) in [4.78, 5) is 58.7. The molecule has 0 radical (unpaired) electrons. The molecule has 3 amide bonds. The quantitative estimate of drug-likeness (QED) is 0.0403. The van der Waals surface area contributed by atoms with Crippen LogP contribution in [0.2, 0.25) is 0 Å². The van der Waals surface area contributed by atoms with Gasteiger partial charge in [-0.3, -0.25) is 19.4 Å². The molecule has 138 heavy (non-hydrogen) atoms. The average molecular weight is 1890 g/mol. The van der Waals surface area contributed by atoms with E-state index in [1.807, 2.05) is 134 Å². The van der Waals surface area contributed by atoms with E-state index in [-0.39, 0.29) is 88.7 Å². The molecule has 0 saturated carbocycles. The highest BCUT2D eigenvalue weighted by molar-refractivity contribution is 7.88. The molecule has 38 heteroatoms. The van der Waals surface area contributed by atoms with Crippen molar-refractivity contribution in [1.29, 1.82) is 0 Å². The number of aromatic nitrogens is 11. The van der Waals surface area contributed by atoms with E-state index in [1.54, 1.807) is 95.4 Å². The molecule has 17 N–H and O–H groups in total. The number of para-hydroxylation sites is 5. The molecule has 19 rings (SSSR count). The summed E-state index contributed by atoms with van der Waals surface area (Å²) in [6, 6.07) is 60.0. The summed E-state index contributed by atoms with van der Waals surface area (Å²) < 4.78 is 31.3. The van der Waals surface area contributed by atoms with Crippen molar-refractivity contribution in [3.05, 3.63) is 218 Å². The number of nitrogens with zero attached hydrogens (tertiary/aromatic N) is 20. The van der Waals surface area contributed by atoms with Gasteiger partial charge in [0.25, 0.3) is 5.91 Å². The molecule has 12 aromatic rings. The summed E-state index contributed by atoms with van der Waals surface area (Å²) in [6.45, 7) is 19.2. The number of benzene rings is 6. The minimum absolute atomic E-state index is 0.00723. The fourth-order valence-corrected chi connectivity index (χ4v) is 20.3. The standard InChI is InChI=1S/C22H24N6O2.C21H22N4O.C20H28N6O2.C20H25N5O3.C17H21N5O3S/c1-15-14-27(10-11-28(15)21(30)12-16-6-4-5-9-24-16)19-13-18(25-26-22(19)23)17-7-2-3-8-20(17)29;22-21-19(14-18(23-24-21)17-8-4-5-9-20(17)26)25-12-10-16(11-13-25)15-6-2-1-3-7-15;1-12(2)18(21)20(28)26-9-8-25(11-13(26)3)16-10-15(23-24-19(16)22)14-6-4-5-7-17(14)27;1-13-12-24(8-9-25(13)20(27)18-7-4-10-28-18)16-11-15(22-23-19(16)21)14-5-2-3-6-17(14)26;1-26(24,25)22-11-6-7-12(22)10-21(9-11)15-8-14(19-20-17(15)18)13-4-2-3-5-16(13)23/h2-9,13,15,29H,10-12,14H2,1H3,(H2,23,26);1-9,14,16,26H,10-13H2,(H2,22,24);4-7,10,12-13,18,27H,8-9,11,21H2,1-3H3,(H2,22,24);2-3,5-6,11,13,18,26H,4,7-10,12H2,1H3,(H2,21,23);2-5,8,11-12,23H,6-7,9-10H2,1H3,(H2,18,20)/t;;13?,18-;13-,18-;/m..00./s1. The van der Waals surface area contributed by atoms with Gasteiger partial charge in [-0.2, -0.15) is 4.31 Å². The second-order valence-corrected chi connectivity index (χ2v) is 37.8. The number of nitrogen functional groups attached to an aromatic ring is 5. The van der Waals surface area contributed by atoms with Crippen LogP contribution < -0.4 is 58.9 Å². The molecule has 7 atom stereocenters. The summed E-state index contributed by atoms with van der Waals surface area (Å²) >= 11 is 0. The van der Waals surface area contributed by atoms with Gasteiger partial charge in [-0.1, -0.05) is 111 Å². The first-order chi connectivity index (χ1) is 66.4. The lowest BCUT2D eigenvalue weighted by Crippen LogP contribution is -2.58. The van der Waals surface area contributed by atoms with Gasteiger partial charge in [0, 0.05) is 162 Å². The molecule has 722 valence electrons. The van der Waals surface area contributed by atoms with Crippen molar-refractivity contribution in [2.24, 2.45) is 11.7 Å². The van der Waals surface area contributed by atoms with E-state index in [4.69, 9.17) is 39.1 Å². The summed E-state index contributed by atoms with van der Waals surface area (Å²) in [6.07, 6.45) is 8.57. The summed E-state index contributed by atoms with van der Waals surface area (Å²) in [5.74, 6) is 3.28. The summed E-state index contributed by atoms with van der Waals surface area (Å²) in [5, 5.41) is 91.6. The van der Waals surface area contributed by atoms with Gasteiger partial charge in [0.05, 0.1) is 75.6 Å². The third kappa shape index (κ3) is 22.9. The number of hydrogen-bond donors (Lipinski definition) is 11. The Morgan fingerprint density at radius 1 is 0.406 bits per heavy atom. The number of rotatable bonds is 17. The Morgan fingerprint density at radius 2 is 0.754 bits per heavy atom. The van der Waals surface area contributed by atoms with Crippen LogP contribution in [0, 0.1) is 5.92 Å². The fraction of sp³-hybridized carbons (Fsp3) is 0.360. The second-order valence-electron chi connectivity index (χ2n) is 35.9. The number of amides is 3. The largest absolute Gasteiger partial charge is 0.507 e. The number of carbonyl (C=O) groups excluding carboxylic acids is 3. The Labute approximate surface area is 802 Å². The number of piperidine rings is 1. The first-order valence-corrected chi connectivity index (χ1v) is 48.3. The number of piperazine rings is 4. The summed E-state index contributed by atoms with van der Waals surface area (Å²) in [7, 11) is -3.22. The molecule has 7 aliphatic heterocycles. The van der Waals surface area contributed by atoms with Gasteiger partial charge in [-0.15, -0.1) is 51.0 Å². The highest BCUT2D eigenvalue weighted by atomic mass is 32.2. The predicted molar refractivity (Wildman–Crippen MR) is 534 cm³/mol. The van der Waals surface area contributed by atoms with Gasteiger partial charge >= 0.3 is 0 Å². The van der Waals surface area contributed by atoms with Gasteiger partial charge in [-0.05, 0) is 180 Å². The molecule has 7 aliphatic rings. The monoisotopic (exact) mass is 1890 g/mol. The second kappa shape index (κ2) is 43.8. The Hall–Kier alpha value is -14.9. The van der Waals surface area contributed by atoms with E-state index in [9.17, 15) is 48.3 Å². The van der Waals surface area contributed by atoms with Crippen molar-refractivity contribution in [1.82, 2.24) is 75.0 Å². The lowest BCUT2D eigenvalue weighted by atomic mass is 9.89. The molecule has 6 aromatic carbocycles. The maximum Gasteiger partial charge on any atom is 0.252 e. The SMILES string of the molecule is CC(C)[C@H](N)C(=O)N1CCN(c2cc(-c3ccccc3O)nnc2N)CC1C.CC1CN(c2cc(-c3ccccc3O)nnc2N)CCN1C(=O)Cc1ccccn1.CS(=O)(=O)N1C2CCC1CN(c1cc(-c3ccccc3O)nnc1N)C2.C[C@H]1CN(c2cc(-c3ccccc3O)nnc2N)CCN1C(=O)[C@@H]1CCCO1.Nc1nnc(-c2ccccc2O)cc1N1CCC(c2ccccc2)CC1. The van der Waals surface area contributed by atoms with Crippen LogP contribution in [0.4, 0.5) is 57.5 Å². The van der Waals surface area contributed by atoms with Crippen LogP contribution in [0.3, 0.4) is 0 Å². The van der Waals surface area contributed by atoms with Crippen LogP contribution in [-0.2, 0) is 35.6 Å². The highest BCUT2D eigenvalue weighted by Crippen LogP contribution is 2.42. The maximum absolute atomic E-state index is 12.8. The summed E-state index contributed by atoms with van der Waals surface area (Å²) in [5.41, 5.74) is 48.5. The number of pyridine rings is 1. The van der Waals surface area contributed by atoms with Crippen LogP contribution in [0.1, 0.15) is 90.3 Å². The van der Waals surface area contributed by atoms with E-state index >= 15 is 0 Å². The number of hydrogen-bond acceptors (Lipinski definition) is 33. The number of phenols is 5. The van der Waals surface area contributed by atoms with E-state index in [2.05, 4.69) is 111 Å². The molecule has 37 nitrogen and oxygen atoms in total. The molecule has 4 unspecified atom stereocenters. The third-order valence-electron chi connectivity index (χ3n) is 26.2. The molecule has 13 heterocycles. The van der Waals surface area contributed by atoms with Crippen molar-refractivity contribution < 1.29 is 53.1 Å². The van der Waals surface area contributed by atoms with Crippen molar-refractivity contribution >= 4 is 85.3 Å². The van der Waals surface area contributed by atoms with Crippen molar-refractivity contribution in [2.45, 2.75) is 128 Å². The minimum atomic E-state index is -3.22. The molecule has 2 bridgehead atoms. The number of fused-ring (bicyclic) bond motifs is 2. The topological polar surface area (TPSA) is 523 Å².